The third-order valence-electron chi connectivity index (χ3n) is 4.33. The summed E-state index contributed by atoms with van der Waals surface area (Å²) in [4.78, 5) is 0. The topological polar surface area (TPSA) is 0 Å². The third-order valence-corrected chi connectivity index (χ3v) is 5.39. The Morgan fingerprint density at radius 1 is 0.357 bits per heavy atom. The smallest absolute Gasteiger partial charge is 0.0175 e. The van der Waals surface area contributed by atoms with Crippen molar-refractivity contribution in [3.8, 4) is 0 Å². The summed E-state index contributed by atoms with van der Waals surface area (Å²) in [7, 11) is 0. The maximum absolute atomic E-state index is 3.43. The Kier molecular flexibility index (Phi) is 8.07. The number of hydrogen-bond acceptors (Lipinski definition) is 0. The molecule has 0 radical (unpaired) electrons. The molecule has 0 bridgehead atoms. The monoisotopic (exact) mass is 492 g/mol. The highest BCUT2D eigenvalue weighted by Crippen LogP contribution is 2.16. The van der Waals surface area contributed by atoms with Crippen LogP contribution in [0, 0.1) is 0 Å². The van der Waals surface area contributed by atoms with Crippen LogP contribution < -0.4 is 0 Å². The van der Waals surface area contributed by atoms with Gasteiger partial charge in [0.25, 0.3) is 0 Å². The van der Waals surface area contributed by atoms with E-state index in [1.165, 1.54) is 22.3 Å². The highest BCUT2D eigenvalue weighted by molar-refractivity contribution is 9.10. The van der Waals surface area contributed by atoms with Gasteiger partial charge in [-0.05, 0) is 59.4 Å². The van der Waals surface area contributed by atoms with Gasteiger partial charge in [-0.15, -0.1) is 0 Å². The highest BCUT2D eigenvalue weighted by atomic mass is 79.9. The van der Waals surface area contributed by atoms with Gasteiger partial charge >= 0.3 is 0 Å². The first-order chi connectivity index (χ1) is 13.7. The molecule has 0 spiro atoms. The van der Waals surface area contributed by atoms with Gasteiger partial charge in [0.15, 0.2) is 0 Å². The van der Waals surface area contributed by atoms with E-state index in [1.54, 1.807) is 0 Å². The van der Waals surface area contributed by atoms with Gasteiger partial charge in [0, 0.05) is 8.95 Å². The Morgan fingerprint density at radius 3 is 0.964 bits per heavy atom. The molecule has 0 saturated carbocycles. The predicted octanol–water partition coefficient (Wildman–Crippen LogP) is 8.08. The molecule has 0 amide bonds. The first-order valence-electron chi connectivity index (χ1n) is 9.26. The molecule has 0 heterocycles. The van der Waals surface area contributed by atoms with Crippen molar-refractivity contribution in [1.29, 1.82) is 0 Å². The summed E-state index contributed by atoms with van der Waals surface area (Å²) in [6.45, 7) is 0. The van der Waals surface area contributed by atoms with Gasteiger partial charge in [-0.25, -0.2) is 0 Å². The molecule has 0 aliphatic carbocycles. The molecule has 0 unspecified atom stereocenters. The van der Waals surface area contributed by atoms with E-state index in [1.807, 2.05) is 0 Å². The average molecular weight is 494 g/mol. The molecule has 0 N–H and O–H groups in total. The van der Waals surface area contributed by atoms with Crippen LogP contribution in [0.4, 0.5) is 0 Å². The molecule has 0 aliphatic rings. The minimum Gasteiger partial charge on any atom is -0.0622 e. The fraction of sp³-hybridized carbons (Fsp3) is 0.0769. The lowest BCUT2D eigenvalue weighted by Gasteiger charge is -2.02. The Morgan fingerprint density at radius 2 is 0.643 bits per heavy atom. The molecule has 0 saturated heterocycles. The number of hydrogen-bond donors (Lipinski definition) is 0. The van der Waals surface area contributed by atoms with Gasteiger partial charge in [0.2, 0.25) is 0 Å². The van der Waals surface area contributed by atoms with E-state index < -0.39 is 0 Å². The van der Waals surface area contributed by atoms with E-state index in [4.69, 9.17) is 0 Å². The van der Waals surface area contributed by atoms with Crippen molar-refractivity contribution in [3.05, 3.63) is 140 Å². The van der Waals surface area contributed by atoms with Gasteiger partial charge < -0.3 is 0 Å². The fourth-order valence-electron chi connectivity index (χ4n) is 2.87. The lowest BCUT2D eigenvalue weighted by molar-refractivity contribution is 1.19. The fourth-order valence-corrected chi connectivity index (χ4v) is 3.40. The summed E-state index contributed by atoms with van der Waals surface area (Å²) in [5, 5.41) is 0. The van der Waals surface area contributed by atoms with Crippen molar-refractivity contribution >= 4 is 31.9 Å². The van der Waals surface area contributed by atoms with Crippen molar-refractivity contribution in [2.24, 2.45) is 0 Å². The van der Waals surface area contributed by atoms with Gasteiger partial charge in [-0.1, -0.05) is 117 Å². The van der Waals surface area contributed by atoms with E-state index in [0.717, 1.165) is 21.8 Å². The summed E-state index contributed by atoms with van der Waals surface area (Å²) in [5.41, 5.74) is 5.41. The molecular formula is C26H22Br2. The van der Waals surface area contributed by atoms with Crippen LogP contribution in [0.2, 0.25) is 0 Å². The summed E-state index contributed by atoms with van der Waals surface area (Å²) in [5.74, 6) is 0. The van der Waals surface area contributed by atoms with Crippen LogP contribution in [0.5, 0.6) is 0 Å². The van der Waals surface area contributed by atoms with Crippen LogP contribution in [0.15, 0.2) is 118 Å². The van der Waals surface area contributed by atoms with Gasteiger partial charge in [0.1, 0.15) is 0 Å². The standard InChI is InChI=1S/C13H10Br2.C13H12/c14-12-5-1-10(2-6-12)9-11-3-7-13(15)8-4-11;1-3-7-12(8-4-1)11-13-9-5-2-6-10-13/h1-8H,9H2;1-10H,11H2. The van der Waals surface area contributed by atoms with Crippen molar-refractivity contribution in [3.63, 3.8) is 0 Å². The number of halogens is 2. The average Bonchev–Trinajstić information content (AvgIpc) is 2.73. The van der Waals surface area contributed by atoms with E-state index >= 15 is 0 Å². The third kappa shape index (κ3) is 7.10. The molecule has 0 atom stereocenters. The molecule has 0 nitrogen and oxygen atoms in total. The summed E-state index contributed by atoms with van der Waals surface area (Å²) >= 11 is 6.87. The number of rotatable bonds is 4. The lowest BCUT2D eigenvalue weighted by Crippen LogP contribution is -1.86. The Labute approximate surface area is 184 Å². The SMILES string of the molecule is Brc1ccc(Cc2ccc(Br)cc2)cc1.c1ccc(Cc2ccccc2)cc1. The minimum atomic E-state index is 0.987. The van der Waals surface area contributed by atoms with Crippen LogP contribution in [0.1, 0.15) is 22.3 Å². The Bertz CT molecular complexity index is 864. The first kappa shape index (κ1) is 20.6. The zero-order valence-electron chi connectivity index (χ0n) is 15.6. The normalized spacial score (nSPS) is 10.1. The van der Waals surface area contributed by atoms with Crippen molar-refractivity contribution in [2.75, 3.05) is 0 Å². The zero-order chi connectivity index (χ0) is 19.6. The molecule has 0 aliphatic heterocycles. The Hall–Kier alpha value is -2.16. The van der Waals surface area contributed by atoms with Crippen molar-refractivity contribution < 1.29 is 0 Å². The zero-order valence-corrected chi connectivity index (χ0v) is 18.7. The largest absolute Gasteiger partial charge is 0.0622 e. The molecule has 0 aromatic heterocycles. The molecular weight excluding hydrogens is 472 g/mol. The van der Waals surface area contributed by atoms with Crippen LogP contribution in [-0.4, -0.2) is 0 Å². The van der Waals surface area contributed by atoms with Gasteiger partial charge in [-0.3, -0.25) is 0 Å². The Balaban J connectivity index is 0.000000162. The summed E-state index contributed by atoms with van der Waals surface area (Å²) < 4.78 is 2.25. The highest BCUT2D eigenvalue weighted by Gasteiger charge is 1.96. The van der Waals surface area contributed by atoms with Gasteiger partial charge in [-0.2, -0.15) is 0 Å². The number of benzene rings is 4. The molecule has 4 aromatic rings. The van der Waals surface area contributed by atoms with E-state index in [0.29, 0.717) is 0 Å². The molecule has 4 rings (SSSR count). The van der Waals surface area contributed by atoms with Crippen LogP contribution in [0.25, 0.3) is 0 Å². The summed E-state index contributed by atoms with van der Waals surface area (Å²) in [6.07, 6.45) is 2.02. The minimum absolute atomic E-state index is 0.987. The van der Waals surface area contributed by atoms with Crippen LogP contribution in [-0.2, 0) is 12.8 Å². The molecule has 28 heavy (non-hydrogen) atoms. The maximum atomic E-state index is 3.43. The first-order valence-corrected chi connectivity index (χ1v) is 10.8. The maximum Gasteiger partial charge on any atom is 0.0175 e. The second kappa shape index (κ2) is 11.0. The van der Waals surface area contributed by atoms with Crippen LogP contribution in [0.3, 0.4) is 0 Å². The molecule has 2 heteroatoms. The molecule has 0 fully saturated rings. The van der Waals surface area contributed by atoms with E-state index in [9.17, 15) is 0 Å². The lowest BCUT2D eigenvalue weighted by atomic mass is 10.1. The van der Waals surface area contributed by atoms with Gasteiger partial charge in [0.05, 0.1) is 0 Å². The molecule has 4 aromatic carbocycles. The van der Waals surface area contributed by atoms with E-state index in [2.05, 4.69) is 141 Å². The molecule has 140 valence electrons. The quantitative estimate of drug-likeness (QED) is 0.269. The van der Waals surface area contributed by atoms with Crippen LogP contribution >= 0.6 is 31.9 Å². The van der Waals surface area contributed by atoms with E-state index in [-0.39, 0.29) is 0 Å². The second-order valence-corrected chi connectivity index (χ2v) is 8.41. The second-order valence-electron chi connectivity index (χ2n) is 6.58. The predicted molar refractivity (Wildman–Crippen MR) is 127 cm³/mol. The van der Waals surface area contributed by atoms with Crippen molar-refractivity contribution in [1.82, 2.24) is 0 Å². The summed E-state index contributed by atoms with van der Waals surface area (Å²) in [6, 6.07) is 38.0. The van der Waals surface area contributed by atoms with Crippen molar-refractivity contribution in [2.45, 2.75) is 12.8 Å².